The van der Waals surface area contributed by atoms with Crippen molar-refractivity contribution in [1.82, 2.24) is 5.32 Å². The van der Waals surface area contributed by atoms with Gasteiger partial charge in [0.15, 0.2) is 0 Å². The van der Waals surface area contributed by atoms with E-state index in [4.69, 9.17) is 0 Å². The predicted molar refractivity (Wildman–Crippen MR) is 74.7 cm³/mol. The number of allylic oxidation sites excluding steroid dienone is 1. The van der Waals surface area contributed by atoms with Gasteiger partial charge in [-0.1, -0.05) is 48.8 Å². The van der Waals surface area contributed by atoms with Crippen molar-refractivity contribution in [2.75, 3.05) is 0 Å². The van der Waals surface area contributed by atoms with Gasteiger partial charge in [-0.2, -0.15) is 0 Å². The zero-order valence-corrected chi connectivity index (χ0v) is 11.8. The van der Waals surface area contributed by atoms with Gasteiger partial charge in [0.1, 0.15) is 0 Å². The van der Waals surface area contributed by atoms with Crippen molar-refractivity contribution >= 4 is 32.3 Å². The maximum Gasteiger partial charge on any atom is 0.0883 e. The minimum atomic E-state index is 0.0235. The molecule has 0 atom stereocenters. The van der Waals surface area contributed by atoms with Crippen molar-refractivity contribution in [1.29, 1.82) is 0 Å². The molecule has 0 bridgehead atoms. The third-order valence-electron chi connectivity index (χ3n) is 1.81. The topological polar surface area (TPSA) is 12.0 Å². The summed E-state index contributed by atoms with van der Waals surface area (Å²) in [6, 6.07) is 0. The van der Waals surface area contributed by atoms with Crippen molar-refractivity contribution in [2.45, 2.75) is 51.3 Å². The summed E-state index contributed by atoms with van der Waals surface area (Å²) in [7, 11) is 3.20. The predicted octanol–water partition coefficient (Wildman–Crippen LogP) is 4.63. The number of hydrogen-bond donors (Lipinski definition) is 2. The summed E-state index contributed by atoms with van der Waals surface area (Å²) in [6.07, 6.45) is 4.86. The van der Waals surface area contributed by atoms with Crippen molar-refractivity contribution in [3.05, 3.63) is 12.3 Å². The molecule has 0 unspecified atom stereocenters. The standard InChI is InChI=1S/C10H21NS3/c1-5-6-7-8-9(2)11-10(3,4)13-14-12/h11-12H,2,5-8H2,1,3-4H3. The molecule has 0 aromatic rings. The molecule has 0 aliphatic carbocycles. The van der Waals surface area contributed by atoms with E-state index >= 15 is 0 Å². The molecular weight excluding hydrogens is 230 g/mol. The second kappa shape index (κ2) is 7.83. The molecule has 4 heteroatoms. The van der Waals surface area contributed by atoms with E-state index in [1.165, 1.54) is 29.1 Å². The molecule has 0 amide bonds. The second-order valence-electron chi connectivity index (χ2n) is 3.85. The summed E-state index contributed by atoms with van der Waals surface area (Å²) in [5, 5.41) is 3.41. The number of unbranched alkanes of at least 4 members (excludes halogenated alkanes) is 2. The molecule has 0 saturated heterocycles. The summed E-state index contributed by atoms with van der Waals surface area (Å²) >= 11 is 4.13. The Morgan fingerprint density at radius 2 is 2.07 bits per heavy atom. The molecule has 0 spiro atoms. The highest BCUT2D eigenvalue weighted by Gasteiger charge is 2.17. The quantitative estimate of drug-likeness (QED) is 0.282. The van der Waals surface area contributed by atoms with Crippen LogP contribution < -0.4 is 5.32 Å². The van der Waals surface area contributed by atoms with Crippen LogP contribution in [0.1, 0.15) is 46.5 Å². The fourth-order valence-corrected chi connectivity index (χ4v) is 3.92. The highest BCUT2D eigenvalue weighted by molar-refractivity contribution is 9.05. The Labute approximate surface area is 101 Å². The summed E-state index contributed by atoms with van der Waals surface area (Å²) in [5.41, 5.74) is 1.14. The first-order chi connectivity index (χ1) is 6.52. The van der Waals surface area contributed by atoms with Gasteiger partial charge >= 0.3 is 0 Å². The van der Waals surface area contributed by atoms with E-state index in [0.29, 0.717) is 0 Å². The maximum atomic E-state index is 4.13. The van der Waals surface area contributed by atoms with Crippen LogP contribution in [0.15, 0.2) is 12.3 Å². The average Bonchev–Trinajstić information content (AvgIpc) is 2.03. The van der Waals surface area contributed by atoms with Gasteiger partial charge < -0.3 is 5.32 Å². The van der Waals surface area contributed by atoms with Crippen molar-refractivity contribution in [3.63, 3.8) is 0 Å². The van der Waals surface area contributed by atoms with Crippen LogP contribution in [0.3, 0.4) is 0 Å². The minimum Gasteiger partial charge on any atom is -0.374 e. The molecule has 0 aromatic heterocycles. The van der Waals surface area contributed by atoms with Crippen LogP contribution in [-0.2, 0) is 0 Å². The molecular formula is C10H21NS3. The highest BCUT2D eigenvalue weighted by Crippen LogP contribution is 2.36. The number of rotatable bonds is 8. The van der Waals surface area contributed by atoms with Crippen LogP contribution >= 0.6 is 32.3 Å². The van der Waals surface area contributed by atoms with Gasteiger partial charge in [-0.15, -0.1) is 0 Å². The summed E-state index contributed by atoms with van der Waals surface area (Å²) in [4.78, 5) is 0.0235. The molecule has 84 valence electrons. The first-order valence-corrected chi connectivity index (χ1v) is 8.17. The third-order valence-corrected chi connectivity index (χ3v) is 4.54. The van der Waals surface area contributed by atoms with E-state index in [0.717, 1.165) is 12.1 Å². The van der Waals surface area contributed by atoms with E-state index in [-0.39, 0.29) is 4.87 Å². The smallest absolute Gasteiger partial charge is 0.0883 e. The first kappa shape index (κ1) is 14.6. The van der Waals surface area contributed by atoms with E-state index in [1.54, 1.807) is 10.8 Å². The molecule has 1 nitrogen and oxygen atoms in total. The first-order valence-electron chi connectivity index (χ1n) is 4.97. The molecule has 0 aromatic carbocycles. The Bertz CT molecular complexity index is 169. The van der Waals surface area contributed by atoms with Gasteiger partial charge in [0, 0.05) is 5.70 Å². The monoisotopic (exact) mass is 251 g/mol. The molecule has 14 heavy (non-hydrogen) atoms. The second-order valence-corrected chi connectivity index (χ2v) is 7.48. The van der Waals surface area contributed by atoms with Crippen molar-refractivity contribution < 1.29 is 0 Å². The molecule has 1 N–H and O–H groups in total. The SMILES string of the molecule is C=C(CCCCC)NC(C)(C)SSS. The largest absolute Gasteiger partial charge is 0.374 e. The third kappa shape index (κ3) is 7.94. The Kier molecular flexibility index (Phi) is 8.16. The molecule has 0 aliphatic rings. The van der Waals surface area contributed by atoms with Crippen LogP contribution in [-0.4, -0.2) is 4.87 Å². The minimum absolute atomic E-state index is 0.0235. The Balaban J connectivity index is 3.69. The molecule has 0 saturated carbocycles. The van der Waals surface area contributed by atoms with Crippen molar-refractivity contribution in [2.24, 2.45) is 0 Å². The van der Waals surface area contributed by atoms with E-state index < -0.39 is 0 Å². The molecule has 0 radical (unpaired) electrons. The van der Waals surface area contributed by atoms with Crippen LogP contribution in [0.2, 0.25) is 0 Å². The lowest BCUT2D eigenvalue weighted by Crippen LogP contribution is -2.33. The van der Waals surface area contributed by atoms with Crippen LogP contribution in [0.5, 0.6) is 0 Å². The molecule has 0 heterocycles. The van der Waals surface area contributed by atoms with Gasteiger partial charge in [0.05, 0.1) is 4.87 Å². The van der Waals surface area contributed by atoms with Gasteiger partial charge in [0.2, 0.25) is 0 Å². The van der Waals surface area contributed by atoms with Gasteiger partial charge in [-0.3, -0.25) is 0 Å². The van der Waals surface area contributed by atoms with Crippen LogP contribution in [0, 0.1) is 0 Å². The van der Waals surface area contributed by atoms with E-state index in [1.807, 2.05) is 0 Å². The zero-order valence-electron chi connectivity index (χ0n) is 9.30. The Morgan fingerprint density at radius 3 is 2.57 bits per heavy atom. The fourth-order valence-electron chi connectivity index (χ4n) is 1.19. The van der Waals surface area contributed by atoms with E-state index in [9.17, 15) is 0 Å². The number of hydrogen-bond acceptors (Lipinski definition) is 4. The van der Waals surface area contributed by atoms with Crippen LogP contribution in [0.25, 0.3) is 0 Å². The Morgan fingerprint density at radius 1 is 1.43 bits per heavy atom. The van der Waals surface area contributed by atoms with Gasteiger partial charge in [-0.25, -0.2) is 0 Å². The van der Waals surface area contributed by atoms with Crippen LogP contribution in [0.4, 0.5) is 0 Å². The fraction of sp³-hybridized carbons (Fsp3) is 0.800. The zero-order chi connectivity index (χ0) is 11.0. The highest BCUT2D eigenvalue weighted by atomic mass is 33.5. The molecule has 0 aliphatic heterocycles. The summed E-state index contributed by atoms with van der Waals surface area (Å²) in [6.45, 7) is 10.5. The summed E-state index contributed by atoms with van der Waals surface area (Å²) < 4.78 is 0. The maximum absolute atomic E-state index is 4.13. The Hall–Kier alpha value is 0.590. The lowest BCUT2D eigenvalue weighted by molar-refractivity contribution is 0.580. The van der Waals surface area contributed by atoms with Gasteiger partial charge in [0.25, 0.3) is 0 Å². The summed E-state index contributed by atoms with van der Waals surface area (Å²) in [5.74, 6) is 0. The van der Waals surface area contributed by atoms with E-state index in [2.05, 4.69) is 44.3 Å². The number of nitrogens with one attached hydrogen (secondary N) is 1. The van der Waals surface area contributed by atoms with Gasteiger partial charge in [-0.05, 0) is 36.5 Å². The lowest BCUT2D eigenvalue weighted by Gasteiger charge is -2.26. The molecule has 0 fully saturated rings. The number of thiol groups is 1. The van der Waals surface area contributed by atoms with Crippen molar-refractivity contribution in [3.8, 4) is 0 Å². The normalized spacial score (nSPS) is 11.4. The average molecular weight is 251 g/mol. The lowest BCUT2D eigenvalue weighted by atomic mass is 10.1. The molecule has 0 rings (SSSR count).